The summed E-state index contributed by atoms with van der Waals surface area (Å²) in [5, 5.41) is 3.09. The first-order valence-corrected chi connectivity index (χ1v) is 13.0. The lowest BCUT2D eigenvalue weighted by Gasteiger charge is -2.26. The molecule has 4 rings (SSSR count). The first-order chi connectivity index (χ1) is 14.9. The van der Waals surface area contributed by atoms with E-state index in [1.807, 2.05) is 0 Å². The molecule has 2 aliphatic rings. The predicted molar refractivity (Wildman–Crippen MR) is 118 cm³/mol. The molecule has 1 N–H and O–H groups in total. The van der Waals surface area contributed by atoms with E-state index < -0.39 is 15.6 Å². The third-order valence-corrected chi connectivity index (χ3v) is 9.12. The third-order valence-electron chi connectivity index (χ3n) is 5.90. The number of thiophene rings is 1. The van der Waals surface area contributed by atoms with Gasteiger partial charge in [-0.15, -0.1) is 11.3 Å². The summed E-state index contributed by atoms with van der Waals surface area (Å²) in [6.45, 7) is 2.65. The first kappa shape index (κ1) is 22.4. The van der Waals surface area contributed by atoms with E-state index in [4.69, 9.17) is 4.74 Å². The van der Waals surface area contributed by atoms with Crippen LogP contribution in [0.1, 0.15) is 43.4 Å². The third kappa shape index (κ3) is 4.69. The summed E-state index contributed by atoms with van der Waals surface area (Å²) >= 11 is 1.18. The molecular formula is C20H28N4O5S2. The van der Waals surface area contributed by atoms with E-state index in [0.29, 0.717) is 22.9 Å². The van der Waals surface area contributed by atoms with Crippen molar-refractivity contribution in [3.63, 3.8) is 0 Å². The summed E-state index contributed by atoms with van der Waals surface area (Å²) in [7, 11) is -3.86. The zero-order valence-corrected chi connectivity index (χ0v) is 19.3. The van der Waals surface area contributed by atoms with Gasteiger partial charge in [0.15, 0.2) is 0 Å². The number of aromatic nitrogens is 2. The number of carbonyl (C=O) groups is 1. The summed E-state index contributed by atoms with van der Waals surface area (Å²) in [6.07, 6.45) is 7.78. The van der Waals surface area contributed by atoms with Crippen molar-refractivity contribution >= 4 is 37.5 Å². The second kappa shape index (κ2) is 9.35. The van der Waals surface area contributed by atoms with Crippen LogP contribution in [0, 0.1) is 6.92 Å². The molecule has 1 amide bonds. The molecule has 0 spiro atoms. The molecule has 2 fully saturated rings. The average molecular weight is 469 g/mol. The van der Waals surface area contributed by atoms with Crippen molar-refractivity contribution in [2.45, 2.75) is 62.9 Å². The Bertz CT molecular complexity index is 1110. The van der Waals surface area contributed by atoms with Gasteiger partial charge in [-0.3, -0.25) is 14.2 Å². The van der Waals surface area contributed by atoms with E-state index >= 15 is 0 Å². The lowest BCUT2D eigenvalue weighted by atomic mass is 10.1. The number of hydrogen-bond acceptors (Lipinski definition) is 7. The van der Waals surface area contributed by atoms with Crippen molar-refractivity contribution in [2.75, 3.05) is 26.3 Å². The van der Waals surface area contributed by atoms with Gasteiger partial charge in [-0.2, -0.15) is 4.31 Å². The highest BCUT2D eigenvalue weighted by molar-refractivity contribution is 7.89. The zero-order valence-electron chi connectivity index (χ0n) is 17.6. The predicted octanol–water partition coefficient (Wildman–Crippen LogP) is 1.63. The summed E-state index contributed by atoms with van der Waals surface area (Å²) in [4.78, 5) is 31.0. The molecule has 1 aliphatic carbocycles. The summed E-state index contributed by atoms with van der Waals surface area (Å²) in [6, 6.07) is 0.128. The van der Waals surface area contributed by atoms with Crippen LogP contribution in [0.5, 0.6) is 0 Å². The van der Waals surface area contributed by atoms with Crippen molar-refractivity contribution < 1.29 is 17.9 Å². The molecule has 11 heteroatoms. The quantitative estimate of drug-likeness (QED) is 0.668. The molecular weight excluding hydrogens is 440 g/mol. The topological polar surface area (TPSA) is 111 Å². The number of nitrogens with one attached hydrogen (secondary N) is 1. The van der Waals surface area contributed by atoms with Gasteiger partial charge in [-0.25, -0.2) is 13.4 Å². The molecule has 1 aliphatic heterocycles. The van der Waals surface area contributed by atoms with Gasteiger partial charge in [0.1, 0.15) is 16.3 Å². The SMILES string of the molecule is Cc1sc2ncn(CC(=O)NC3CCCCCC3)c(=O)c2c1S(=O)(=O)N1CCOCC1. The van der Waals surface area contributed by atoms with Gasteiger partial charge in [0, 0.05) is 24.0 Å². The van der Waals surface area contributed by atoms with Crippen LogP contribution in [0.3, 0.4) is 0 Å². The molecule has 1 saturated carbocycles. The molecule has 3 heterocycles. The Hall–Kier alpha value is -1.82. The summed E-state index contributed by atoms with van der Waals surface area (Å²) in [5.74, 6) is -0.250. The molecule has 9 nitrogen and oxygen atoms in total. The number of nitrogens with zero attached hydrogens (tertiary/aromatic N) is 3. The second-order valence-electron chi connectivity index (χ2n) is 8.12. The minimum atomic E-state index is -3.86. The van der Waals surface area contributed by atoms with Crippen molar-refractivity contribution in [1.29, 1.82) is 0 Å². The lowest BCUT2D eigenvalue weighted by molar-refractivity contribution is -0.122. The fourth-order valence-electron chi connectivity index (χ4n) is 4.30. The molecule has 170 valence electrons. The molecule has 0 unspecified atom stereocenters. The van der Waals surface area contributed by atoms with Gasteiger partial charge >= 0.3 is 0 Å². The Balaban J connectivity index is 1.63. The molecule has 2 aromatic rings. The summed E-state index contributed by atoms with van der Waals surface area (Å²) < 4.78 is 34.4. The number of fused-ring (bicyclic) bond motifs is 1. The second-order valence-corrected chi connectivity index (χ2v) is 11.2. The Morgan fingerprint density at radius 2 is 1.90 bits per heavy atom. The number of hydrogen-bond donors (Lipinski definition) is 1. The fraction of sp³-hybridized carbons (Fsp3) is 0.650. The standard InChI is InChI=1S/C20H28N4O5S2/c1-14-18(31(27,28)24-8-10-29-11-9-24)17-19(30-14)21-13-23(20(17)26)12-16(25)22-15-6-4-2-3-5-7-15/h13,15H,2-12H2,1H3,(H,22,25). The van der Waals surface area contributed by atoms with E-state index in [9.17, 15) is 18.0 Å². The minimum absolute atomic E-state index is 0.00502. The van der Waals surface area contributed by atoms with Gasteiger partial charge in [-0.05, 0) is 19.8 Å². The lowest BCUT2D eigenvalue weighted by Crippen LogP contribution is -2.41. The van der Waals surface area contributed by atoms with Crippen LogP contribution in [-0.2, 0) is 26.1 Å². The van der Waals surface area contributed by atoms with Crippen LogP contribution in [0.15, 0.2) is 16.0 Å². The minimum Gasteiger partial charge on any atom is -0.379 e. The highest BCUT2D eigenvalue weighted by atomic mass is 32.2. The molecule has 31 heavy (non-hydrogen) atoms. The number of aryl methyl sites for hydroxylation is 1. The van der Waals surface area contributed by atoms with Gasteiger partial charge in [0.2, 0.25) is 15.9 Å². The molecule has 0 radical (unpaired) electrons. The van der Waals surface area contributed by atoms with Crippen LogP contribution in [0.4, 0.5) is 0 Å². The highest BCUT2D eigenvalue weighted by Gasteiger charge is 2.32. The van der Waals surface area contributed by atoms with Gasteiger partial charge in [0.05, 0.1) is 24.9 Å². The number of morpholine rings is 1. The van der Waals surface area contributed by atoms with Crippen LogP contribution < -0.4 is 10.9 Å². The van der Waals surface area contributed by atoms with Gasteiger partial charge in [-0.1, -0.05) is 25.7 Å². The van der Waals surface area contributed by atoms with Gasteiger partial charge in [0.25, 0.3) is 5.56 Å². The van der Waals surface area contributed by atoms with Crippen molar-refractivity contribution in [1.82, 2.24) is 19.2 Å². The Morgan fingerprint density at radius 1 is 1.23 bits per heavy atom. The highest BCUT2D eigenvalue weighted by Crippen LogP contribution is 2.33. The van der Waals surface area contributed by atoms with Crippen LogP contribution in [0.25, 0.3) is 10.2 Å². The fourth-order valence-corrected chi connectivity index (χ4v) is 7.38. The number of sulfonamides is 1. The van der Waals surface area contributed by atoms with Crippen LogP contribution in [0.2, 0.25) is 0 Å². The number of ether oxygens (including phenoxy) is 1. The number of carbonyl (C=O) groups excluding carboxylic acids is 1. The van der Waals surface area contributed by atoms with Gasteiger partial charge < -0.3 is 10.1 Å². The zero-order chi connectivity index (χ0) is 22.0. The smallest absolute Gasteiger partial charge is 0.263 e. The summed E-state index contributed by atoms with van der Waals surface area (Å²) in [5.41, 5.74) is -0.503. The van der Waals surface area contributed by atoms with Crippen LogP contribution >= 0.6 is 11.3 Å². The Kier molecular flexibility index (Phi) is 6.75. The van der Waals surface area contributed by atoms with Crippen LogP contribution in [-0.4, -0.2) is 60.5 Å². The van der Waals surface area contributed by atoms with Crippen molar-refractivity contribution in [3.8, 4) is 0 Å². The van der Waals surface area contributed by atoms with E-state index in [1.165, 1.54) is 39.4 Å². The Morgan fingerprint density at radius 3 is 2.58 bits per heavy atom. The van der Waals surface area contributed by atoms with E-state index in [0.717, 1.165) is 25.7 Å². The average Bonchev–Trinajstić information content (AvgIpc) is 2.91. The molecule has 2 aromatic heterocycles. The maximum Gasteiger partial charge on any atom is 0.263 e. The van der Waals surface area contributed by atoms with E-state index in [-0.39, 0.29) is 41.9 Å². The number of amides is 1. The largest absolute Gasteiger partial charge is 0.379 e. The van der Waals surface area contributed by atoms with E-state index in [1.54, 1.807) is 6.92 Å². The Labute approximate surface area is 185 Å². The van der Waals surface area contributed by atoms with Crippen molar-refractivity contribution in [2.24, 2.45) is 0 Å². The normalized spacial score (nSPS) is 19.4. The van der Waals surface area contributed by atoms with Crippen molar-refractivity contribution in [3.05, 3.63) is 21.6 Å². The number of rotatable bonds is 5. The monoisotopic (exact) mass is 468 g/mol. The van der Waals surface area contributed by atoms with E-state index in [2.05, 4.69) is 10.3 Å². The molecule has 0 bridgehead atoms. The first-order valence-electron chi connectivity index (χ1n) is 10.7. The molecule has 0 aromatic carbocycles. The molecule has 0 atom stereocenters. The molecule has 1 saturated heterocycles. The maximum absolute atomic E-state index is 13.3. The maximum atomic E-state index is 13.3.